The summed E-state index contributed by atoms with van der Waals surface area (Å²) in [5.41, 5.74) is 3.05. The van der Waals surface area contributed by atoms with E-state index in [0.29, 0.717) is 15.0 Å². The molecule has 106 valence electrons. The minimum absolute atomic E-state index is 0.102. The Morgan fingerprint density at radius 2 is 2.05 bits per heavy atom. The molecule has 2 aromatic rings. The Labute approximate surface area is 132 Å². The highest BCUT2D eigenvalue weighted by Gasteiger charge is 2.34. The Morgan fingerprint density at radius 3 is 2.76 bits per heavy atom. The van der Waals surface area contributed by atoms with Crippen molar-refractivity contribution in [1.29, 1.82) is 0 Å². The number of hydrogen-bond acceptors (Lipinski definition) is 4. The SMILES string of the molecule is Cc1cccc(N2C(=O)/C(=C\c3ccco3)SC2=S)c1C. The molecule has 0 atom stereocenters. The van der Waals surface area contributed by atoms with Crippen LogP contribution in [0.2, 0.25) is 0 Å². The number of thioether (sulfide) groups is 1. The summed E-state index contributed by atoms with van der Waals surface area (Å²) in [6, 6.07) is 9.48. The summed E-state index contributed by atoms with van der Waals surface area (Å²) in [6.45, 7) is 4.02. The number of carbonyl (C=O) groups is 1. The summed E-state index contributed by atoms with van der Waals surface area (Å²) in [6.07, 6.45) is 3.31. The molecule has 0 bridgehead atoms. The van der Waals surface area contributed by atoms with Gasteiger partial charge in [-0.2, -0.15) is 0 Å². The Hall–Kier alpha value is -1.85. The van der Waals surface area contributed by atoms with Crippen LogP contribution in [0.25, 0.3) is 6.08 Å². The van der Waals surface area contributed by atoms with Gasteiger partial charge in [-0.25, -0.2) is 0 Å². The van der Waals surface area contributed by atoms with Gasteiger partial charge in [-0.05, 0) is 43.2 Å². The molecule has 3 nitrogen and oxygen atoms in total. The van der Waals surface area contributed by atoms with Crippen molar-refractivity contribution >= 4 is 46.0 Å². The van der Waals surface area contributed by atoms with E-state index in [1.165, 1.54) is 11.8 Å². The minimum atomic E-state index is -0.102. The first kappa shape index (κ1) is 14.1. The number of anilines is 1. The summed E-state index contributed by atoms with van der Waals surface area (Å²) < 4.78 is 5.81. The van der Waals surface area contributed by atoms with Crippen molar-refractivity contribution in [2.75, 3.05) is 4.90 Å². The summed E-state index contributed by atoms with van der Waals surface area (Å²) in [7, 11) is 0. The number of carbonyl (C=O) groups excluding carboxylic acids is 1. The number of furan rings is 1. The van der Waals surface area contributed by atoms with Gasteiger partial charge < -0.3 is 4.42 Å². The van der Waals surface area contributed by atoms with Crippen LogP contribution < -0.4 is 4.90 Å². The topological polar surface area (TPSA) is 33.5 Å². The smallest absolute Gasteiger partial charge is 0.270 e. The van der Waals surface area contributed by atoms with E-state index in [-0.39, 0.29) is 5.91 Å². The highest BCUT2D eigenvalue weighted by molar-refractivity contribution is 8.27. The zero-order chi connectivity index (χ0) is 15.0. The molecule has 3 rings (SSSR count). The average Bonchev–Trinajstić information content (AvgIpc) is 3.04. The molecule has 0 unspecified atom stereocenters. The number of benzene rings is 1. The second kappa shape index (κ2) is 5.50. The molecule has 0 radical (unpaired) electrons. The molecule has 1 aromatic carbocycles. The predicted molar refractivity (Wildman–Crippen MR) is 90.3 cm³/mol. The van der Waals surface area contributed by atoms with Gasteiger partial charge in [-0.15, -0.1) is 0 Å². The van der Waals surface area contributed by atoms with Gasteiger partial charge >= 0.3 is 0 Å². The number of nitrogens with zero attached hydrogens (tertiary/aromatic N) is 1. The lowest BCUT2D eigenvalue weighted by atomic mass is 10.1. The van der Waals surface area contributed by atoms with Crippen molar-refractivity contribution in [3.63, 3.8) is 0 Å². The lowest BCUT2D eigenvalue weighted by molar-refractivity contribution is -0.113. The van der Waals surface area contributed by atoms with E-state index in [9.17, 15) is 4.79 Å². The average molecular weight is 315 g/mol. The second-order valence-electron chi connectivity index (χ2n) is 4.75. The molecule has 2 heterocycles. The minimum Gasteiger partial charge on any atom is -0.465 e. The molecule has 0 N–H and O–H groups in total. The van der Waals surface area contributed by atoms with Crippen LogP contribution in [-0.2, 0) is 4.79 Å². The van der Waals surface area contributed by atoms with Gasteiger partial charge in [-0.1, -0.05) is 36.1 Å². The third-order valence-corrected chi connectivity index (χ3v) is 4.73. The molecule has 1 saturated heterocycles. The van der Waals surface area contributed by atoms with Crippen LogP contribution in [0.5, 0.6) is 0 Å². The molecule has 1 fully saturated rings. The van der Waals surface area contributed by atoms with E-state index in [0.717, 1.165) is 16.8 Å². The molecule has 1 aliphatic heterocycles. The van der Waals surface area contributed by atoms with Crippen molar-refractivity contribution < 1.29 is 9.21 Å². The van der Waals surface area contributed by atoms with Gasteiger partial charge in [0.2, 0.25) is 0 Å². The van der Waals surface area contributed by atoms with Crippen molar-refractivity contribution in [2.45, 2.75) is 13.8 Å². The number of aryl methyl sites for hydroxylation is 1. The van der Waals surface area contributed by atoms with E-state index in [4.69, 9.17) is 16.6 Å². The van der Waals surface area contributed by atoms with Crippen LogP contribution >= 0.6 is 24.0 Å². The second-order valence-corrected chi connectivity index (χ2v) is 6.43. The van der Waals surface area contributed by atoms with Crippen LogP contribution in [-0.4, -0.2) is 10.2 Å². The van der Waals surface area contributed by atoms with Crippen molar-refractivity contribution in [1.82, 2.24) is 0 Å². The van der Waals surface area contributed by atoms with Crippen LogP contribution in [0, 0.1) is 13.8 Å². The van der Waals surface area contributed by atoms with Crippen molar-refractivity contribution in [3.8, 4) is 0 Å². The molecule has 21 heavy (non-hydrogen) atoms. The Bertz CT molecular complexity index is 748. The maximum Gasteiger partial charge on any atom is 0.270 e. The predicted octanol–water partition coefficient (Wildman–Crippen LogP) is 4.30. The van der Waals surface area contributed by atoms with Crippen LogP contribution in [0.1, 0.15) is 16.9 Å². The number of rotatable bonds is 2. The summed E-state index contributed by atoms with van der Waals surface area (Å²) >= 11 is 6.67. The van der Waals surface area contributed by atoms with E-state index in [1.807, 2.05) is 38.1 Å². The van der Waals surface area contributed by atoms with Gasteiger partial charge in [0.25, 0.3) is 5.91 Å². The van der Waals surface area contributed by atoms with Crippen molar-refractivity contribution in [2.24, 2.45) is 0 Å². The van der Waals surface area contributed by atoms with E-state index in [2.05, 4.69) is 0 Å². The molecule has 5 heteroatoms. The molecule has 1 aliphatic rings. The van der Waals surface area contributed by atoms with Gasteiger partial charge in [0, 0.05) is 6.08 Å². The fourth-order valence-electron chi connectivity index (χ4n) is 2.16. The number of amides is 1. The summed E-state index contributed by atoms with van der Waals surface area (Å²) in [4.78, 5) is 14.8. The molecule has 1 aromatic heterocycles. The number of thiocarbonyl (C=S) groups is 1. The molecule has 0 aliphatic carbocycles. The molecular formula is C16H13NO2S2. The van der Waals surface area contributed by atoms with E-state index >= 15 is 0 Å². The van der Waals surface area contributed by atoms with Gasteiger partial charge in [0.15, 0.2) is 4.32 Å². The van der Waals surface area contributed by atoms with E-state index in [1.54, 1.807) is 23.3 Å². The maximum atomic E-state index is 12.6. The molecule has 0 saturated carbocycles. The van der Waals surface area contributed by atoms with Crippen LogP contribution in [0.3, 0.4) is 0 Å². The highest BCUT2D eigenvalue weighted by atomic mass is 32.2. The molecule has 1 amide bonds. The normalized spacial score (nSPS) is 17.0. The quantitative estimate of drug-likeness (QED) is 0.611. The van der Waals surface area contributed by atoms with Gasteiger partial charge in [0.1, 0.15) is 5.76 Å². The van der Waals surface area contributed by atoms with Crippen LogP contribution in [0.15, 0.2) is 45.9 Å². The zero-order valence-electron chi connectivity index (χ0n) is 11.6. The van der Waals surface area contributed by atoms with Crippen LogP contribution in [0.4, 0.5) is 5.69 Å². The standard InChI is InChI=1S/C16H13NO2S2/c1-10-5-3-7-13(11(10)2)17-15(18)14(21-16(17)20)9-12-6-4-8-19-12/h3-9H,1-2H3/b14-9+. The zero-order valence-corrected chi connectivity index (χ0v) is 13.3. The molecule has 0 spiro atoms. The molecular weight excluding hydrogens is 302 g/mol. The Morgan fingerprint density at radius 1 is 1.24 bits per heavy atom. The monoisotopic (exact) mass is 315 g/mol. The lowest BCUT2D eigenvalue weighted by Gasteiger charge is -2.18. The highest BCUT2D eigenvalue weighted by Crippen LogP contribution is 2.37. The first-order chi connectivity index (χ1) is 10.1. The first-order valence-electron chi connectivity index (χ1n) is 6.45. The third-order valence-electron chi connectivity index (χ3n) is 3.43. The maximum absolute atomic E-state index is 12.6. The van der Waals surface area contributed by atoms with E-state index < -0.39 is 0 Å². The lowest BCUT2D eigenvalue weighted by Crippen LogP contribution is -2.28. The fraction of sp³-hybridized carbons (Fsp3) is 0.125. The summed E-state index contributed by atoms with van der Waals surface area (Å²) in [5, 5.41) is 0. The third kappa shape index (κ3) is 2.54. The fourth-order valence-corrected chi connectivity index (χ4v) is 3.42. The number of hydrogen-bond donors (Lipinski definition) is 0. The van der Waals surface area contributed by atoms with Gasteiger partial charge in [0.05, 0.1) is 16.9 Å². The van der Waals surface area contributed by atoms with Crippen molar-refractivity contribution in [3.05, 3.63) is 58.4 Å². The first-order valence-corrected chi connectivity index (χ1v) is 7.68. The van der Waals surface area contributed by atoms with Gasteiger partial charge in [-0.3, -0.25) is 9.69 Å². The summed E-state index contributed by atoms with van der Waals surface area (Å²) in [5.74, 6) is 0.548. The Kier molecular flexibility index (Phi) is 3.69. The Balaban J connectivity index is 2.00. The largest absolute Gasteiger partial charge is 0.465 e.